The number of piperidine rings is 1. The second-order valence-corrected chi connectivity index (χ2v) is 8.62. The lowest BCUT2D eigenvalue weighted by Crippen LogP contribution is -2.39. The van der Waals surface area contributed by atoms with Crippen LogP contribution < -0.4 is 0 Å². The highest BCUT2D eigenvalue weighted by molar-refractivity contribution is 7.89. The Labute approximate surface area is 152 Å². The van der Waals surface area contributed by atoms with E-state index in [0.29, 0.717) is 19.0 Å². The van der Waals surface area contributed by atoms with Crippen LogP contribution >= 0.6 is 0 Å². The first kappa shape index (κ1) is 17.2. The number of rotatable bonds is 4. The van der Waals surface area contributed by atoms with Crippen molar-refractivity contribution in [2.75, 3.05) is 13.1 Å². The number of nitrogens with zero attached hydrogens (tertiary/aromatic N) is 3. The van der Waals surface area contributed by atoms with E-state index in [9.17, 15) is 12.8 Å². The molecule has 1 fully saturated rings. The van der Waals surface area contributed by atoms with Gasteiger partial charge in [-0.15, -0.1) is 0 Å². The van der Waals surface area contributed by atoms with Crippen LogP contribution in [0, 0.1) is 11.7 Å². The maximum Gasteiger partial charge on any atom is 0.243 e. The Balaban J connectivity index is 1.43. The maximum atomic E-state index is 13.0. The quantitative estimate of drug-likeness (QED) is 0.705. The highest BCUT2D eigenvalue weighted by atomic mass is 32.2. The molecule has 0 spiro atoms. The van der Waals surface area contributed by atoms with Gasteiger partial charge in [0.05, 0.1) is 22.3 Å². The van der Waals surface area contributed by atoms with Gasteiger partial charge in [-0.3, -0.25) is 0 Å². The van der Waals surface area contributed by atoms with Crippen LogP contribution in [0.15, 0.2) is 59.8 Å². The van der Waals surface area contributed by atoms with Crippen LogP contribution in [0.5, 0.6) is 0 Å². The fourth-order valence-electron chi connectivity index (χ4n) is 3.52. The molecule has 0 atom stereocenters. The first-order chi connectivity index (χ1) is 12.5. The SMILES string of the molecule is O=S(=O)(c1ccc(F)cc1)N1CCC(Cn2cnc3ccccc32)CC1. The van der Waals surface area contributed by atoms with Crippen LogP contribution in [0.2, 0.25) is 0 Å². The third-order valence-corrected chi connectivity index (χ3v) is 6.92. The summed E-state index contributed by atoms with van der Waals surface area (Å²) in [6.45, 7) is 1.80. The molecule has 0 unspecified atom stereocenters. The van der Waals surface area contributed by atoms with Crippen molar-refractivity contribution in [1.29, 1.82) is 0 Å². The predicted octanol–water partition coefficient (Wildman–Crippen LogP) is 3.28. The van der Waals surface area contributed by atoms with Gasteiger partial charge in [-0.1, -0.05) is 12.1 Å². The zero-order valence-electron chi connectivity index (χ0n) is 14.3. The van der Waals surface area contributed by atoms with Crippen molar-refractivity contribution in [3.8, 4) is 0 Å². The van der Waals surface area contributed by atoms with Gasteiger partial charge < -0.3 is 4.57 Å². The molecule has 1 aromatic heterocycles. The van der Waals surface area contributed by atoms with Gasteiger partial charge in [0.15, 0.2) is 0 Å². The second-order valence-electron chi connectivity index (χ2n) is 6.69. The Morgan fingerprint density at radius 3 is 2.46 bits per heavy atom. The van der Waals surface area contributed by atoms with E-state index in [4.69, 9.17) is 0 Å². The molecule has 0 saturated carbocycles. The number of benzene rings is 2. The molecule has 1 aliphatic rings. The molecule has 0 bridgehead atoms. The third-order valence-electron chi connectivity index (χ3n) is 5.01. The highest BCUT2D eigenvalue weighted by Crippen LogP contribution is 2.26. The Morgan fingerprint density at radius 2 is 1.73 bits per heavy atom. The topological polar surface area (TPSA) is 55.2 Å². The number of imidazole rings is 1. The molecule has 0 radical (unpaired) electrons. The third kappa shape index (κ3) is 3.24. The fourth-order valence-corrected chi connectivity index (χ4v) is 4.99. The molecule has 0 N–H and O–H groups in total. The minimum Gasteiger partial charge on any atom is -0.330 e. The minimum atomic E-state index is -3.55. The van der Waals surface area contributed by atoms with Gasteiger partial charge in [-0.2, -0.15) is 4.31 Å². The number of sulfonamides is 1. The van der Waals surface area contributed by atoms with Crippen LogP contribution in [-0.2, 0) is 16.6 Å². The molecule has 7 heteroatoms. The number of fused-ring (bicyclic) bond motifs is 1. The lowest BCUT2D eigenvalue weighted by atomic mass is 9.98. The van der Waals surface area contributed by atoms with E-state index in [-0.39, 0.29) is 4.90 Å². The Bertz CT molecular complexity index is 1010. The summed E-state index contributed by atoms with van der Waals surface area (Å²) in [5.74, 6) is -0.0255. The average molecular weight is 373 g/mol. The van der Waals surface area contributed by atoms with E-state index in [1.165, 1.54) is 28.6 Å². The van der Waals surface area contributed by atoms with Gasteiger partial charge in [-0.25, -0.2) is 17.8 Å². The Hall–Kier alpha value is -2.25. The van der Waals surface area contributed by atoms with Gasteiger partial charge in [0.1, 0.15) is 5.82 Å². The first-order valence-electron chi connectivity index (χ1n) is 8.69. The van der Waals surface area contributed by atoms with Gasteiger partial charge in [-0.05, 0) is 55.2 Å². The van der Waals surface area contributed by atoms with Crippen molar-refractivity contribution < 1.29 is 12.8 Å². The van der Waals surface area contributed by atoms with Crippen molar-refractivity contribution in [1.82, 2.24) is 13.9 Å². The van der Waals surface area contributed by atoms with Gasteiger partial charge in [0, 0.05) is 19.6 Å². The summed E-state index contributed by atoms with van der Waals surface area (Å²) < 4.78 is 42.1. The number of hydrogen-bond acceptors (Lipinski definition) is 3. The molecule has 1 saturated heterocycles. The van der Waals surface area contributed by atoms with E-state index < -0.39 is 15.8 Å². The standard InChI is InChI=1S/C19H20FN3O2S/c20-16-5-7-17(8-6-16)26(24,25)23-11-9-15(10-12-23)13-22-14-21-18-3-1-2-4-19(18)22/h1-8,14-15H,9-13H2. The first-order valence-corrected chi connectivity index (χ1v) is 10.1. The second kappa shape index (κ2) is 6.81. The maximum absolute atomic E-state index is 13.0. The van der Waals surface area contributed by atoms with Gasteiger partial charge in [0.25, 0.3) is 0 Å². The van der Waals surface area contributed by atoms with Crippen molar-refractivity contribution >= 4 is 21.1 Å². The molecule has 0 aliphatic carbocycles. The fraction of sp³-hybridized carbons (Fsp3) is 0.316. The molecule has 3 aromatic rings. The summed E-state index contributed by atoms with van der Waals surface area (Å²) in [5, 5.41) is 0. The van der Waals surface area contributed by atoms with E-state index >= 15 is 0 Å². The van der Waals surface area contributed by atoms with Crippen LogP contribution in [0.25, 0.3) is 11.0 Å². The van der Waals surface area contributed by atoms with Gasteiger partial charge in [0.2, 0.25) is 10.0 Å². The number of hydrogen-bond donors (Lipinski definition) is 0. The molecular weight excluding hydrogens is 353 g/mol. The van der Waals surface area contributed by atoms with Crippen LogP contribution in [0.3, 0.4) is 0 Å². The Morgan fingerprint density at radius 1 is 1.04 bits per heavy atom. The molecule has 136 valence electrons. The molecule has 1 aliphatic heterocycles. The van der Waals surface area contributed by atoms with Crippen molar-refractivity contribution in [2.24, 2.45) is 5.92 Å². The number of para-hydroxylation sites is 2. The summed E-state index contributed by atoms with van der Waals surface area (Å²) in [6, 6.07) is 13.0. The van der Waals surface area contributed by atoms with Crippen molar-refractivity contribution in [2.45, 2.75) is 24.3 Å². The summed E-state index contributed by atoms with van der Waals surface area (Å²) in [5.41, 5.74) is 2.08. The van der Waals surface area contributed by atoms with Crippen LogP contribution in [0.1, 0.15) is 12.8 Å². The van der Waals surface area contributed by atoms with Gasteiger partial charge >= 0.3 is 0 Å². The van der Waals surface area contributed by atoms with E-state index in [0.717, 1.165) is 30.4 Å². The van der Waals surface area contributed by atoms with Crippen LogP contribution in [0.4, 0.5) is 4.39 Å². The summed E-state index contributed by atoms with van der Waals surface area (Å²) in [4.78, 5) is 4.56. The van der Waals surface area contributed by atoms with Crippen LogP contribution in [-0.4, -0.2) is 35.4 Å². The van der Waals surface area contributed by atoms with Crippen molar-refractivity contribution in [3.05, 3.63) is 60.7 Å². The van der Waals surface area contributed by atoms with E-state index in [1.807, 2.05) is 24.5 Å². The number of aromatic nitrogens is 2. The summed E-state index contributed by atoms with van der Waals surface area (Å²) >= 11 is 0. The zero-order chi connectivity index (χ0) is 18.1. The Kier molecular flexibility index (Phi) is 4.50. The zero-order valence-corrected chi connectivity index (χ0v) is 15.1. The lowest BCUT2D eigenvalue weighted by Gasteiger charge is -2.31. The molecule has 0 amide bonds. The molecular formula is C19H20FN3O2S. The largest absolute Gasteiger partial charge is 0.330 e. The smallest absolute Gasteiger partial charge is 0.243 e. The molecule has 5 nitrogen and oxygen atoms in total. The molecule has 4 rings (SSSR count). The normalized spacial score (nSPS) is 17.0. The number of halogens is 1. The van der Waals surface area contributed by atoms with E-state index in [2.05, 4.69) is 15.6 Å². The highest BCUT2D eigenvalue weighted by Gasteiger charge is 2.29. The monoisotopic (exact) mass is 373 g/mol. The molecule has 26 heavy (non-hydrogen) atoms. The molecule has 2 aromatic carbocycles. The summed E-state index contributed by atoms with van der Waals surface area (Å²) in [6.07, 6.45) is 3.45. The summed E-state index contributed by atoms with van der Waals surface area (Å²) in [7, 11) is -3.55. The average Bonchev–Trinajstić information content (AvgIpc) is 3.06. The predicted molar refractivity (Wildman–Crippen MR) is 97.6 cm³/mol. The molecule has 2 heterocycles. The van der Waals surface area contributed by atoms with E-state index in [1.54, 1.807) is 0 Å². The minimum absolute atomic E-state index is 0.151. The van der Waals surface area contributed by atoms with Crippen molar-refractivity contribution in [3.63, 3.8) is 0 Å². The lowest BCUT2D eigenvalue weighted by molar-refractivity contribution is 0.254.